The molecule has 0 spiro atoms. The summed E-state index contributed by atoms with van der Waals surface area (Å²) in [4.78, 5) is 31.3. The summed E-state index contributed by atoms with van der Waals surface area (Å²) in [7, 11) is 3.63. The largest absolute Gasteiger partial charge is 0.349 e. The maximum absolute atomic E-state index is 11.9. The SMILES string of the molecule is CC(=O)Nc1nc(CN2CCC(C(=O)N(C)C)CC2)cs1. The van der Waals surface area contributed by atoms with Gasteiger partial charge in [-0.25, -0.2) is 4.98 Å². The Morgan fingerprint density at radius 3 is 2.67 bits per heavy atom. The summed E-state index contributed by atoms with van der Waals surface area (Å²) in [5, 5.41) is 5.32. The molecule has 2 heterocycles. The fourth-order valence-corrected chi connectivity index (χ4v) is 3.27. The summed E-state index contributed by atoms with van der Waals surface area (Å²) < 4.78 is 0. The van der Waals surface area contributed by atoms with Crippen LogP contribution in [0.15, 0.2) is 5.38 Å². The zero-order valence-electron chi connectivity index (χ0n) is 12.8. The number of hydrogen-bond donors (Lipinski definition) is 1. The molecule has 0 unspecified atom stereocenters. The number of anilines is 1. The average Bonchev–Trinajstić information content (AvgIpc) is 2.85. The Morgan fingerprint density at radius 2 is 2.10 bits per heavy atom. The van der Waals surface area contributed by atoms with Crippen LogP contribution in [0.5, 0.6) is 0 Å². The lowest BCUT2D eigenvalue weighted by Crippen LogP contribution is -2.39. The summed E-state index contributed by atoms with van der Waals surface area (Å²) in [6.07, 6.45) is 1.80. The average molecular weight is 310 g/mol. The maximum atomic E-state index is 11.9. The Hall–Kier alpha value is -1.47. The van der Waals surface area contributed by atoms with Crippen molar-refractivity contribution in [2.24, 2.45) is 5.92 Å². The highest BCUT2D eigenvalue weighted by atomic mass is 32.1. The number of thiazole rings is 1. The van der Waals surface area contributed by atoms with Gasteiger partial charge in [-0.3, -0.25) is 14.5 Å². The molecule has 1 aliphatic heterocycles. The van der Waals surface area contributed by atoms with E-state index in [1.54, 1.807) is 4.90 Å². The fourth-order valence-electron chi connectivity index (χ4n) is 2.52. The molecular weight excluding hydrogens is 288 g/mol. The fraction of sp³-hybridized carbons (Fsp3) is 0.643. The Morgan fingerprint density at radius 1 is 1.43 bits per heavy atom. The molecule has 0 aromatic carbocycles. The molecule has 0 saturated carbocycles. The molecule has 1 aromatic rings. The van der Waals surface area contributed by atoms with Crippen molar-refractivity contribution in [3.8, 4) is 0 Å². The number of aromatic nitrogens is 1. The lowest BCUT2D eigenvalue weighted by molar-refractivity contribution is -0.134. The molecule has 7 heteroatoms. The predicted molar refractivity (Wildman–Crippen MR) is 83.1 cm³/mol. The first kappa shape index (κ1) is 15.9. The van der Waals surface area contributed by atoms with E-state index in [-0.39, 0.29) is 17.7 Å². The van der Waals surface area contributed by atoms with Crippen LogP contribution < -0.4 is 5.32 Å². The number of piperidine rings is 1. The molecule has 0 bridgehead atoms. The van der Waals surface area contributed by atoms with Gasteiger partial charge in [-0.05, 0) is 25.9 Å². The van der Waals surface area contributed by atoms with Gasteiger partial charge in [0, 0.05) is 38.9 Å². The smallest absolute Gasteiger partial charge is 0.225 e. The lowest BCUT2D eigenvalue weighted by atomic mass is 9.95. The van der Waals surface area contributed by atoms with Gasteiger partial charge in [-0.1, -0.05) is 0 Å². The van der Waals surface area contributed by atoms with Crippen molar-refractivity contribution in [3.63, 3.8) is 0 Å². The van der Waals surface area contributed by atoms with E-state index in [0.29, 0.717) is 5.13 Å². The van der Waals surface area contributed by atoms with E-state index in [9.17, 15) is 9.59 Å². The van der Waals surface area contributed by atoms with Crippen molar-refractivity contribution >= 4 is 28.3 Å². The first-order valence-corrected chi connectivity index (χ1v) is 7.99. The van der Waals surface area contributed by atoms with Crippen molar-refractivity contribution in [2.45, 2.75) is 26.3 Å². The van der Waals surface area contributed by atoms with E-state index in [2.05, 4.69) is 15.2 Å². The number of nitrogens with zero attached hydrogens (tertiary/aromatic N) is 3. The molecule has 0 atom stereocenters. The third-order valence-electron chi connectivity index (χ3n) is 3.60. The van der Waals surface area contributed by atoms with E-state index >= 15 is 0 Å². The molecular formula is C14H22N4O2S. The van der Waals surface area contributed by atoms with Gasteiger partial charge in [-0.2, -0.15) is 0 Å². The summed E-state index contributed by atoms with van der Waals surface area (Å²) in [6.45, 7) is 4.08. The first-order valence-electron chi connectivity index (χ1n) is 7.11. The van der Waals surface area contributed by atoms with Crippen molar-refractivity contribution in [2.75, 3.05) is 32.5 Å². The summed E-state index contributed by atoms with van der Waals surface area (Å²) >= 11 is 1.45. The highest BCUT2D eigenvalue weighted by molar-refractivity contribution is 7.13. The number of carbonyl (C=O) groups excluding carboxylic acids is 2. The zero-order valence-corrected chi connectivity index (χ0v) is 13.6. The predicted octanol–water partition coefficient (Wildman–Crippen LogP) is 1.40. The number of nitrogens with one attached hydrogen (secondary N) is 1. The molecule has 0 aliphatic carbocycles. The number of carbonyl (C=O) groups is 2. The molecule has 21 heavy (non-hydrogen) atoms. The first-order chi connectivity index (χ1) is 9.95. The molecule has 1 fully saturated rings. The maximum Gasteiger partial charge on any atom is 0.225 e. The monoisotopic (exact) mass is 310 g/mol. The van der Waals surface area contributed by atoms with Crippen LogP contribution in [0, 0.1) is 5.92 Å². The molecule has 2 rings (SSSR count). The second-order valence-electron chi connectivity index (χ2n) is 5.61. The number of amides is 2. The molecule has 1 aliphatic rings. The van der Waals surface area contributed by atoms with Gasteiger partial charge in [0.05, 0.1) is 5.69 Å². The van der Waals surface area contributed by atoms with Crippen LogP contribution in [-0.2, 0) is 16.1 Å². The molecule has 1 N–H and O–H groups in total. The van der Waals surface area contributed by atoms with Crippen LogP contribution in [0.3, 0.4) is 0 Å². The highest BCUT2D eigenvalue weighted by Gasteiger charge is 2.26. The molecule has 1 aromatic heterocycles. The van der Waals surface area contributed by atoms with Gasteiger partial charge < -0.3 is 10.2 Å². The standard InChI is InChI=1S/C14H22N4O2S/c1-10(19)15-14-16-12(9-21-14)8-18-6-4-11(5-7-18)13(20)17(2)3/h9,11H,4-8H2,1-3H3,(H,15,16,19). The normalized spacial score (nSPS) is 16.7. The van der Waals surface area contributed by atoms with Gasteiger partial charge in [0.1, 0.15) is 0 Å². The van der Waals surface area contributed by atoms with Gasteiger partial charge in [0.2, 0.25) is 11.8 Å². The molecule has 6 nitrogen and oxygen atoms in total. The highest BCUT2D eigenvalue weighted by Crippen LogP contribution is 2.22. The molecule has 0 radical (unpaired) electrons. The molecule has 1 saturated heterocycles. The second kappa shape index (κ2) is 7.00. The molecule has 116 valence electrons. The third-order valence-corrected chi connectivity index (χ3v) is 4.40. The Bertz CT molecular complexity index is 507. The second-order valence-corrected chi connectivity index (χ2v) is 6.47. The van der Waals surface area contributed by atoms with Crippen LogP contribution in [0.2, 0.25) is 0 Å². The van der Waals surface area contributed by atoms with Crippen LogP contribution in [0.1, 0.15) is 25.5 Å². The number of likely N-dealkylation sites (tertiary alicyclic amines) is 1. The van der Waals surface area contributed by atoms with Crippen molar-refractivity contribution in [3.05, 3.63) is 11.1 Å². The van der Waals surface area contributed by atoms with Crippen LogP contribution in [0.4, 0.5) is 5.13 Å². The minimum Gasteiger partial charge on any atom is -0.349 e. The summed E-state index contributed by atoms with van der Waals surface area (Å²) in [5.74, 6) is 0.289. The Kier molecular flexibility index (Phi) is 5.30. The van der Waals surface area contributed by atoms with Crippen LogP contribution in [-0.4, -0.2) is 53.8 Å². The van der Waals surface area contributed by atoms with Crippen molar-refractivity contribution in [1.29, 1.82) is 0 Å². The number of rotatable bonds is 4. The van der Waals surface area contributed by atoms with E-state index in [1.165, 1.54) is 18.3 Å². The van der Waals surface area contributed by atoms with E-state index in [4.69, 9.17) is 0 Å². The van der Waals surface area contributed by atoms with Crippen molar-refractivity contribution < 1.29 is 9.59 Å². The lowest BCUT2D eigenvalue weighted by Gasteiger charge is -2.31. The van der Waals surface area contributed by atoms with E-state index < -0.39 is 0 Å². The minimum absolute atomic E-state index is 0.0982. The van der Waals surface area contributed by atoms with Crippen molar-refractivity contribution in [1.82, 2.24) is 14.8 Å². The summed E-state index contributed by atoms with van der Waals surface area (Å²) in [5.41, 5.74) is 0.973. The van der Waals surface area contributed by atoms with E-state index in [1.807, 2.05) is 19.5 Å². The van der Waals surface area contributed by atoms with E-state index in [0.717, 1.165) is 38.2 Å². The van der Waals surface area contributed by atoms with Gasteiger partial charge in [-0.15, -0.1) is 11.3 Å². The Balaban J connectivity index is 1.82. The third kappa shape index (κ3) is 4.50. The summed E-state index contributed by atoms with van der Waals surface area (Å²) in [6, 6.07) is 0. The van der Waals surface area contributed by atoms with Crippen LogP contribution in [0.25, 0.3) is 0 Å². The van der Waals surface area contributed by atoms with Gasteiger partial charge in [0.25, 0.3) is 0 Å². The quantitative estimate of drug-likeness (QED) is 0.913. The van der Waals surface area contributed by atoms with Gasteiger partial charge in [0.15, 0.2) is 5.13 Å². The molecule has 2 amide bonds. The Labute approximate surface area is 129 Å². The topological polar surface area (TPSA) is 65.5 Å². The van der Waals surface area contributed by atoms with Gasteiger partial charge >= 0.3 is 0 Å². The minimum atomic E-state index is -0.0982. The zero-order chi connectivity index (χ0) is 15.4. The number of hydrogen-bond acceptors (Lipinski definition) is 5. The van der Waals surface area contributed by atoms with Crippen LogP contribution >= 0.6 is 11.3 Å².